The number of rotatable bonds is 3. The zero-order valence-electron chi connectivity index (χ0n) is 10.8. The van der Waals surface area contributed by atoms with E-state index in [1.165, 1.54) is 37.3 Å². The number of hydrogen-bond acceptors (Lipinski definition) is 1. The van der Waals surface area contributed by atoms with Gasteiger partial charge < -0.3 is 9.55 Å². The van der Waals surface area contributed by atoms with Crippen molar-refractivity contribution in [2.75, 3.05) is 0 Å². The van der Waals surface area contributed by atoms with Crippen molar-refractivity contribution in [3.05, 3.63) is 40.4 Å². The van der Waals surface area contributed by atoms with Gasteiger partial charge in [0.05, 0.1) is 11.0 Å². The van der Waals surface area contributed by atoms with Gasteiger partial charge in [-0.15, -0.1) is 0 Å². The van der Waals surface area contributed by atoms with Gasteiger partial charge in [0.1, 0.15) is 5.82 Å². The third-order valence-electron chi connectivity index (χ3n) is 3.78. The first-order chi connectivity index (χ1) is 9.24. The van der Waals surface area contributed by atoms with E-state index in [-0.39, 0.29) is 5.82 Å². The Bertz CT molecular complexity index is 681. The Hall–Kier alpha value is -1.42. The summed E-state index contributed by atoms with van der Waals surface area (Å²) in [6.45, 7) is 0.828. The highest BCUT2D eigenvalue weighted by molar-refractivity contribution is 7.71. The third kappa shape index (κ3) is 2.63. The van der Waals surface area contributed by atoms with Gasteiger partial charge in [-0.1, -0.05) is 11.6 Å². The molecule has 19 heavy (non-hydrogen) atoms. The van der Waals surface area contributed by atoms with Crippen LogP contribution in [0, 0.1) is 10.6 Å². The fourth-order valence-electron chi connectivity index (χ4n) is 2.74. The zero-order chi connectivity index (χ0) is 13.2. The van der Waals surface area contributed by atoms with E-state index in [2.05, 4.69) is 11.1 Å². The first kappa shape index (κ1) is 12.6. The number of allylic oxidation sites excluding steroid dienone is 2. The summed E-state index contributed by atoms with van der Waals surface area (Å²) in [4.78, 5) is 3.13. The summed E-state index contributed by atoms with van der Waals surface area (Å²) < 4.78 is 16.0. The van der Waals surface area contributed by atoms with Crippen molar-refractivity contribution in [2.24, 2.45) is 0 Å². The Morgan fingerprint density at radius 3 is 3.00 bits per heavy atom. The smallest absolute Gasteiger partial charge is 0.178 e. The van der Waals surface area contributed by atoms with Crippen LogP contribution in [0.3, 0.4) is 0 Å². The Balaban J connectivity index is 1.87. The minimum atomic E-state index is -0.216. The van der Waals surface area contributed by atoms with E-state index in [9.17, 15) is 4.39 Å². The van der Waals surface area contributed by atoms with Crippen LogP contribution in [0.2, 0.25) is 0 Å². The molecule has 0 fully saturated rings. The molecule has 2 nitrogen and oxygen atoms in total. The molecule has 1 aliphatic carbocycles. The van der Waals surface area contributed by atoms with Crippen LogP contribution < -0.4 is 0 Å². The monoisotopic (exact) mass is 276 g/mol. The molecular weight excluding hydrogens is 259 g/mol. The lowest BCUT2D eigenvalue weighted by molar-refractivity contribution is 0.620. The summed E-state index contributed by atoms with van der Waals surface area (Å²) in [5.41, 5.74) is 3.28. The molecule has 0 spiro atoms. The van der Waals surface area contributed by atoms with Crippen LogP contribution in [0.1, 0.15) is 32.1 Å². The van der Waals surface area contributed by atoms with E-state index >= 15 is 0 Å². The van der Waals surface area contributed by atoms with Crippen molar-refractivity contribution in [3.8, 4) is 0 Å². The quantitative estimate of drug-likeness (QED) is 0.635. The predicted octanol–water partition coefficient (Wildman–Crippen LogP) is 4.73. The van der Waals surface area contributed by atoms with Crippen LogP contribution in [-0.2, 0) is 6.54 Å². The minimum absolute atomic E-state index is 0.216. The Kier molecular flexibility index (Phi) is 3.51. The number of aromatic nitrogens is 2. The van der Waals surface area contributed by atoms with Gasteiger partial charge in [-0.2, -0.15) is 0 Å². The van der Waals surface area contributed by atoms with Crippen molar-refractivity contribution < 1.29 is 4.39 Å². The van der Waals surface area contributed by atoms with E-state index in [4.69, 9.17) is 12.2 Å². The van der Waals surface area contributed by atoms with Crippen molar-refractivity contribution in [2.45, 2.75) is 38.6 Å². The number of imidazole rings is 1. The third-order valence-corrected chi connectivity index (χ3v) is 4.10. The average molecular weight is 276 g/mol. The second kappa shape index (κ2) is 5.29. The largest absolute Gasteiger partial charge is 0.331 e. The molecule has 1 aromatic carbocycles. The van der Waals surface area contributed by atoms with Crippen LogP contribution in [0.4, 0.5) is 4.39 Å². The van der Waals surface area contributed by atoms with Crippen LogP contribution >= 0.6 is 12.2 Å². The number of nitrogens with one attached hydrogen (secondary N) is 1. The molecule has 0 saturated carbocycles. The number of aromatic amines is 1. The first-order valence-corrected chi connectivity index (χ1v) is 7.21. The van der Waals surface area contributed by atoms with Gasteiger partial charge in [0.25, 0.3) is 0 Å². The van der Waals surface area contributed by atoms with Crippen molar-refractivity contribution in [1.82, 2.24) is 9.55 Å². The molecule has 1 N–H and O–H groups in total. The molecule has 1 heterocycles. The number of benzene rings is 1. The van der Waals surface area contributed by atoms with Crippen LogP contribution in [0.25, 0.3) is 11.0 Å². The molecule has 0 amide bonds. The Morgan fingerprint density at radius 2 is 2.21 bits per heavy atom. The number of fused-ring (bicyclic) bond motifs is 1. The average Bonchev–Trinajstić information content (AvgIpc) is 2.73. The van der Waals surface area contributed by atoms with Gasteiger partial charge in [0.15, 0.2) is 4.77 Å². The molecule has 0 atom stereocenters. The lowest BCUT2D eigenvalue weighted by Crippen LogP contribution is -2.01. The molecule has 0 radical (unpaired) electrons. The van der Waals surface area contributed by atoms with Crippen LogP contribution in [0.5, 0.6) is 0 Å². The molecule has 0 saturated heterocycles. The molecule has 4 heteroatoms. The number of halogens is 1. The molecule has 0 aliphatic heterocycles. The van der Waals surface area contributed by atoms with Crippen LogP contribution in [0.15, 0.2) is 29.8 Å². The second-order valence-electron chi connectivity index (χ2n) is 5.10. The topological polar surface area (TPSA) is 20.7 Å². The Labute approximate surface area is 117 Å². The maximum absolute atomic E-state index is 13.3. The number of hydrogen-bond donors (Lipinski definition) is 1. The van der Waals surface area contributed by atoms with Gasteiger partial charge in [-0.25, -0.2) is 4.39 Å². The van der Waals surface area contributed by atoms with Gasteiger partial charge >= 0.3 is 0 Å². The molecular formula is C15H17FN2S. The SMILES string of the molecule is Fc1ccc2[nH]c(=S)n(CCC3=CCCCC3)c2c1. The summed E-state index contributed by atoms with van der Waals surface area (Å²) in [7, 11) is 0. The number of H-pyrrole nitrogens is 1. The Morgan fingerprint density at radius 1 is 1.32 bits per heavy atom. The molecule has 1 aromatic heterocycles. The molecule has 100 valence electrons. The molecule has 3 rings (SSSR count). The normalized spacial score (nSPS) is 15.7. The molecule has 2 aromatic rings. The van der Waals surface area contributed by atoms with E-state index < -0.39 is 0 Å². The van der Waals surface area contributed by atoms with Gasteiger partial charge in [-0.3, -0.25) is 0 Å². The molecule has 0 bridgehead atoms. The maximum Gasteiger partial charge on any atom is 0.178 e. The van der Waals surface area contributed by atoms with E-state index in [0.717, 1.165) is 24.0 Å². The van der Waals surface area contributed by atoms with Gasteiger partial charge in [-0.05, 0) is 62.5 Å². The highest BCUT2D eigenvalue weighted by Crippen LogP contribution is 2.22. The summed E-state index contributed by atoms with van der Waals surface area (Å²) in [5, 5.41) is 0. The standard InChI is InChI=1S/C15H17FN2S/c16-12-6-7-13-14(10-12)18(15(19)17-13)9-8-11-4-2-1-3-5-11/h4,6-7,10H,1-3,5,8-9H2,(H,17,19). The van der Waals surface area contributed by atoms with E-state index in [0.29, 0.717) is 4.77 Å². The lowest BCUT2D eigenvalue weighted by atomic mass is 9.97. The zero-order valence-corrected chi connectivity index (χ0v) is 11.6. The highest BCUT2D eigenvalue weighted by Gasteiger charge is 2.08. The minimum Gasteiger partial charge on any atom is -0.331 e. The van der Waals surface area contributed by atoms with Gasteiger partial charge in [0.2, 0.25) is 0 Å². The molecule has 1 aliphatic rings. The summed E-state index contributed by atoms with van der Waals surface area (Å²) in [6.07, 6.45) is 8.36. The second-order valence-corrected chi connectivity index (χ2v) is 5.49. The van der Waals surface area contributed by atoms with Crippen molar-refractivity contribution in [3.63, 3.8) is 0 Å². The highest BCUT2D eigenvalue weighted by atomic mass is 32.1. The number of nitrogens with zero attached hydrogens (tertiary/aromatic N) is 1. The summed E-state index contributed by atoms with van der Waals surface area (Å²) >= 11 is 5.33. The summed E-state index contributed by atoms with van der Waals surface area (Å²) in [5.74, 6) is -0.216. The van der Waals surface area contributed by atoms with Crippen LogP contribution in [-0.4, -0.2) is 9.55 Å². The van der Waals surface area contributed by atoms with E-state index in [1.807, 2.05) is 4.57 Å². The van der Waals surface area contributed by atoms with Crippen molar-refractivity contribution >= 4 is 23.3 Å². The fraction of sp³-hybridized carbons (Fsp3) is 0.400. The first-order valence-electron chi connectivity index (χ1n) is 6.80. The maximum atomic E-state index is 13.3. The van der Waals surface area contributed by atoms with E-state index in [1.54, 1.807) is 12.1 Å². The fourth-order valence-corrected chi connectivity index (χ4v) is 3.03. The van der Waals surface area contributed by atoms with Crippen molar-refractivity contribution in [1.29, 1.82) is 0 Å². The summed E-state index contributed by atoms with van der Waals surface area (Å²) in [6, 6.07) is 4.76. The molecule has 0 unspecified atom stereocenters. The number of aryl methyl sites for hydroxylation is 1. The lowest BCUT2D eigenvalue weighted by Gasteiger charge is -2.13. The predicted molar refractivity (Wildman–Crippen MR) is 78.2 cm³/mol. The van der Waals surface area contributed by atoms with Gasteiger partial charge in [0, 0.05) is 6.54 Å².